The summed E-state index contributed by atoms with van der Waals surface area (Å²) < 4.78 is 5.95. The Kier molecular flexibility index (Phi) is 3.08. The van der Waals surface area contributed by atoms with E-state index in [9.17, 15) is 0 Å². The van der Waals surface area contributed by atoms with E-state index in [4.69, 9.17) is 4.74 Å². The molecule has 1 aromatic heterocycles. The van der Waals surface area contributed by atoms with Gasteiger partial charge < -0.3 is 4.74 Å². The highest BCUT2D eigenvalue weighted by molar-refractivity contribution is 5.84. The molecule has 2 nitrogen and oxygen atoms in total. The molecule has 0 aliphatic carbocycles. The van der Waals surface area contributed by atoms with Gasteiger partial charge in [0.1, 0.15) is 12.4 Å². The maximum atomic E-state index is 5.95. The van der Waals surface area contributed by atoms with Crippen molar-refractivity contribution >= 4 is 5.57 Å². The lowest BCUT2D eigenvalue weighted by atomic mass is 9.95. The second-order valence-corrected chi connectivity index (χ2v) is 4.67. The van der Waals surface area contributed by atoms with Crippen LogP contribution in [0.25, 0.3) is 5.57 Å². The van der Waals surface area contributed by atoms with Crippen LogP contribution in [0.2, 0.25) is 0 Å². The standard InChI is InChI=1S/C17H17NO/c1-3-12-7-8-15-13(4-2)14-6-5-9-18-16(14)11-19-17(15)10-12/h4-10H,3,11H2,1-2H3/b13-4+. The van der Waals surface area contributed by atoms with Crippen molar-refractivity contribution in [1.29, 1.82) is 0 Å². The number of nitrogens with zero attached hydrogens (tertiary/aromatic N) is 1. The van der Waals surface area contributed by atoms with Crippen molar-refractivity contribution in [3.63, 3.8) is 0 Å². The molecule has 0 atom stereocenters. The topological polar surface area (TPSA) is 22.1 Å². The molecule has 96 valence electrons. The van der Waals surface area contributed by atoms with Crippen LogP contribution in [-0.2, 0) is 13.0 Å². The van der Waals surface area contributed by atoms with Crippen LogP contribution in [0.15, 0.2) is 42.6 Å². The van der Waals surface area contributed by atoms with E-state index in [-0.39, 0.29) is 0 Å². The fourth-order valence-electron chi connectivity index (χ4n) is 2.53. The molecule has 1 aliphatic rings. The molecule has 0 bridgehead atoms. The molecule has 1 aliphatic heterocycles. The molecule has 2 heteroatoms. The van der Waals surface area contributed by atoms with Crippen molar-refractivity contribution in [2.45, 2.75) is 26.9 Å². The van der Waals surface area contributed by atoms with Crippen LogP contribution >= 0.6 is 0 Å². The highest BCUT2D eigenvalue weighted by atomic mass is 16.5. The number of rotatable bonds is 1. The molecule has 0 spiro atoms. The van der Waals surface area contributed by atoms with Crippen molar-refractivity contribution in [2.75, 3.05) is 0 Å². The van der Waals surface area contributed by atoms with Crippen LogP contribution in [-0.4, -0.2) is 4.98 Å². The lowest BCUT2D eigenvalue weighted by molar-refractivity contribution is 0.302. The maximum Gasteiger partial charge on any atom is 0.131 e. The number of hydrogen-bond acceptors (Lipinski definition) is 2. The van der Waals surface area contributed by atoms with Gasteiger partial charge in [-0.2, -0.15) is 0 Å². The minimum absolute atomic E-state index is 0.535. The number of pyridine rings is 1. The van der Waals surface area contributed by atoms with E-state index in [0.717, 1.165) is 23.4 Å². The molecule has 1 aromatic carbocycles. The zero-order valence-corrected chi connectivity index (χ0v) is 11.3. The first-order valence-corrected chi connectivity index (χ1v) is 6.70. The zero-order chi connectivity index (χ0) is 13.2. The Morgan fingerprint density at radius 3 is 2.95 bits per heavy atom. The Labute approximate surface area is 113 Å². The van der Waals surface area contributed by atoms with Gasteiger partial charge in [0.15, 0.2) is 0 Å². The van der Waals surface area contributed by atoms with E-state index >= 15 is 0 Å². The van der Waals surface area contributed by atoms with Gasteiger partial charge in [-0.15, -0.1) is 0 Å². The summed E-state index contributed by atoms with van der Waals surface area (Å²) in [5.41, 5.74) is 5.84. The Morgan fingerprint density at radius 2 is 2.16 bits per heavy atom. The molecule has 2 aromatic rings. The van der Waals surface area contributed by atoms with E-state index in [2.05, 4.69) is 49.2 Å². The predicted molar refractivity (Wildman–Crippen MR) is 77.1 cm³/mol. The minimum atomic E-state index is 0.535. The molecule has 2 heterocycles. The lowest BCUT2D eigenvalue weighted by Crippen LogP contribution is -1.98. The Balaban J connectivity index is 2.20. The number of fused-ring (bicyclic) bond motifs is 2. The third-order valence-corrected chi connectivity index (χ3v) is 3.58. The molecule has 0 unspecified atom stereocenters. The summed E-state index contributed by atoms with van der Waals surface area (Å²) in [5, 5.41) is 0. The van der Waals surface area contributed by atoms with Gasteiger partial charge in [0.25, 0.3) is 0 Å². The van der Waals surface area contributed by atoms with E-state index in [1.807, 2.05) is 12.3 Å². The summed E-state index contributed by atoms with van der Waals surface area (Å²) in [5.74, 6) is 0.963. The van der Waals surface area contributed by atoms with Gasteiger partial charge >= 0.3 is 0 Å². The molecule has 0 N–H and O–H groups in total. The summed E-state index contributed by atoms with van der Waals surface area (Å²) in [6.07, 6.45) is 4.98. The Bertz CT molecular complexity index is 643. The van der Waals surface area contributed by atoms with Gasteiger partial charge in [-0.25, -0.2) is 0 Å². The number of hydrogen-bond donors (Lipinski definition) is 0. The average Bonchev–Trinajstić information content (AvgIpc) is 2.63. The van der Waals surface area contributed by atoms with Gasteiger partial charge in [-0.1, -0.05) is 31.2 Å². The quantitative estimate of drug-likeness (QED) is 0.764. The molecular weight excluding hydrogens is 234 g/mol. The van der Waals surface area contributed by atoms with Gasteiger partial charge in [-0.05, 0) is 36.6 Å². The first kappa shape index (κ1) is 12.0. The average molecular weight is 251 g/mol. The molecule has 0 saturated carbocycles. The van der Waals surface area contributed by atoms with Crippen LogP contribution in [0.1, 0.15) is 36.2 Å². The Hall–Kier alpha value is -2.09. The minimum Gasteiger partial charge on any atom is -0.487 e. The van der Waals surface area contributed by atoms with Crippen molar-refractivity contribution in [3.05, 3.63) is 65.0 Å². The van der Waals surface area contributed by atoms with Gasteiger partial charge in [0.05, 0.1) is 5.69 Å². The summed E-state index contributed by atoms with van der Waals surface area (Å²) in [6.45, 7) is 4.76. The number of benzene rings is 1. The fourth-order valence-corrected chi connectivity index (χ4v) is 2.53. The van der Waals surface area contributed by atoms with Gasteiger partial charge in [0, 0.05) is 17.3 Å². The third-order valence-electron chi connectivity index (χ3n) is 3.58. The first-order valence-electron chi connectivity index (χ1n) is 6.70. The number of aryl methyl sites for hydroxylation is 1. The first-order chi connectivity index (χ1) is 9.33. The SMILES string of the molecule is C/C=C1/c2ccc(CC)cc2OCc2ncccc21. The molecule has 0 saturated heterocycles. The van der Waals surface area contributed by atoms with Crippen molar-refractivity contribution < 1.29 is 4.74 Å². The molecule has 19 heavy (non-hydrogen) atoms. The van der Waals surface area contributed by atoms with Gasteiger partial charge in [-0.3, -0.25) is 4.98 Å². The van der Waals surface area contributed by atoms with Crippen LogP contribution in [0.4, 0.5) is 0 Å². The smallest absolute Gasteiger partial charge is 0.131 e. The van der Waals surface area contributed by atoms with Crippen molar-refractivity contribution in [3.8, 4) is 5.75 Å². The third kappa shape index (κ3) is 2.03. The molecule has 0 amide bonds. The number of ether oxygens (including phenoxy) is 1. The van der Waals surface area contributed by atoms with E-state index in [1.54, 1.807) is 0 Å². The highest BCUT2D eigenvalue weighted by Crippen LogP contribution is 2.36. The van der Waals surface area contributed by atoms with Crippen LogP contribution in [0, 0.1) is 0 Å². The monoisotopic (exact) mass is 251 g/mol. The van der Waals surface area contributed by atoms with E-state index < -0.39 is 0 Å². The summed E-state index contributed by atoms with van der Waals surface area (Å²) >= 11 is 0. The highest BCUT2D eigenvalue weighted by Gasteiger charge is 2.19. The van der Waals surface area contributed by atoms with Crippen molar-refractivity contribution in [2.24, 2.45) is 0 Å². The summed E-state index contributed by atoms with van der Waals surface area (Å²) in [7, 11) is 0. The van der Waals surface area contributed by atoms with Crippen LogP contribution in [0.5, 0.6) is 5.75 Å². The number of aromatic nitrogens is 1. The largest absolute Gasteiger partial charge is 0.487 e. The zero-order valence-electron chi connectivity index (χ0n) is 11.3. The summed E-state index contributed by atoms with van der Waals surface area (Å²) in [6, 6.07) is 10.6. The van der Waals surface area contributed by atoms with E-state index in [1.165, 1.54) is 16.7 Å². The van der Waals surface area contributed by atoms with Gasteiger partial charge in [0.2, 0.25) is 0 Å². The predicted octanol–water partition coefficient (Wildman–Crippen LogP) is 3.99. The second kappa shape index (κ2) is 4.88. The fraction of sp³-hybridized carbons (Fsp3) is 0.235. The second-order valence-electron chi connectivity index (χ2n) is 4.67. The summed E-state index contributed by atoms with van der Waals surface area (Å²) in [4.78, 5) is 4.44. The normalized spacial score (nSPS) is 15.4. The van der Waals surface area contributed by atoms with Crippen LogP contribution in [0.3, 0.4) is 0 Å². The van der Waals surface area contributed by atoms with Crippen molar-refractivity contribution in [1.82, 2.24) is 4.98 Å². The molecule has 3 rings (SSSR count). The lowest BCUT2D eigenvalue weighted by Gasteiger charge is -2.10. The van der Waals surface area contributed by atoms with Crippen LogP contribution < -0.4 is 4.74 Å². The maximum absolute atomic E-state index is 5.95. The molecule has 0 radical (unpaired) electrons. The van der Waals surface area contributed by atoms with E-state index in [0.29, 0.717) is 6.61 Å². The Morgan fingerprint density at radius 1 is 1.26 bits per heavy atom. The molecular formula is C17H17NO. The molecule has 0 fully saturated rings. The number of allylic oxidation sites excluding steroid dienone is 1.